The first-order valence-corrected chi connectivity index (χ1v) is 7.50. The Morgan fingerprint density at radius 2 is 2.05 bits per heavy atom. The normalized spacial score (nSPS) is 11.5. The SMILES string of the molecule is NS(=O)(=O)c1ccc(CNc2ccc(F)cc2Br)o1. The Hall–Kier alpha value is -1.38. The summed E-state index contributed by atoms with van der Waals surface area (Å²) in [5.74, 6) is 0.0483. The summed E-state index contributed by atoms with van der Waals surface area (Å²) in [6.07, 6.45) is 0. The largest absolute Gasteiger partial charge is 0.446 e. The Morgan fingerprint density at radius 1 is 1.32 bits per heavy atom. The number of nitrogens with two attached hydrogens (primary N) is 1. The molecule has 1 aromatic carbocycles. The Kier molecular flexibility index (Phi) is 3.93. The molecule has 19 heavy (non-hydrogen) atoms. The summed E-state index contributed by atoms with van der Waals surface area (Å²) in [6.45, 7) is 0.250. The Balaban J connectivity index is 2.09. The van der Waals surface area contributed by atoms with Crippen LogP contribution in [0.15, 0.2) is 44.3 Å². The highest BCUT2D eigenvalue weighted by Crippen LogP contribution is 2.24. The molecule has 0 aliphatic heterocycles. The molecule has 0 aliphatic carbocycles. The van der Waals surface area contributed by atoms with Gasteiger partial charge in [-0.3, -0.25) is 0 Å². The molecule has 0 saturated carbocycles. The zero-order chi connectivity index (χ0) is 14.0. The minimum Gasteiger partial charge on any atom is -0.446 e. The van der Waals surface area contributed by atoms with E-state index in [9.17, 15) is 12.8 Å². The van der Waals surface area contributed by atoms with Crippen LogP contribution in [0.2, 0.25) is 0 Å². The van der Waals surface area contributed by atoms with Crippen LogP contribution in [0.25, 0.3) is 0 Å². The second-order valence-corrected chi connectivity index (χ2v) is 6.09. The van der Waals surface area contributed by atoms with E-state index >= 15 is 0 Å². The maximum absolute atomic E-state index is 12.9. The topological polar surface area (TPSA) is 85.3 Å². The van der Waals surface area contributed by atoms with Crippen LogP contribution >= 0.6 is 15.9 Å². The summed E-state index contributed by atoms with van der Waals surface area (Å²) in [7, 11) is -3.83. The molecule has 0 bridgehead atoms. The number of primary sulfonamides is 1. The standard InChI is InChI=1S/C11H10BrFN2O3S/c12-9-5-7(13)1-3-10(9)15-6-8-2-4-11(18-8)19(14,16)17/h1-5,15H,6H2,(H2,14,16,17). The molecule has 0 atom stereocenters. The smallest absolute Gasteiger partial charge is 0.271 e. The number of sulfonamides is 1. The van der Waals surface area contributed by atoms with Crippen molar-refractivity contribution in [3.8, 4) is 0 Å². The Labute approximate surface area is 117 Å². The number of anilines is 1. The van der Waals surface area contributed by atoms with Crippen molar-refractivity contribution in [1.82, 2.24) is 0 Å². The van der Waals surface area contributed by atoms with E-state index in [0.717, 1.165) is 0 Å². The van der Waals surface area contributed by atoms with Crippen molar-refractivity contribution in [3.05, 3.63) is 46.4 Å². The van der Waals surface area contributed by atoms with Crippen molar-refractivity contribution < 1.29 is 17.2 Å². The average molecular weight is 349 g/mol. The van der Waals surface area contributed by atoms with Gasteiger partial charge in [0.2, 0.25) is 5.09 Å². The lowest BCUT2D eigenvalue weighted by molar-refractivity contribution is 0.419. The molecule has 0 aliphatic rings. The van der Waals surface area contributed by atoms with Gasteiger partial charge in [-0.05, 0) is 46.3 Å². The first-order valence-electron chi connectivity index (χ1n) is 5.17. The second-order valence-electron chi connectivity index (χ2n) is 3.74. The van der Waals surface area contributed by atoms with Crippen LogP contribution in [0.1, 0.15) is 5.76 Å². The van der Waals surface area contributed by atoms with E-state index in [1.807, 2.05) is 0 Å². The fourth-order valence-corrected chi connectivity index (χ4v) is 2.39. The number of nitrogens with one attached hydrogen (secondary N) is 1. The van der Waals surface area contributed by atoms with Gasteiger partial charge in [0.25, 0.3) is 10.0 Å². The molecule has 2 rings (SSSR count). The molecule has 0 saturated heterocycles. The fraction of sp³-hybridized carbons (Fsp3) is 0.0909. The van der Waals surface area contributed by atoms with Crippen LogP contribution in [0.5, 0.6) is 0 Å². The maximum Gasteiger partial charge on any atom is 0.271 e. The monoisotopic (exact) mass is 348 g/mol. The molecule has 0 unspecified atom stereocenters. The van der Waals surface area contributed by atoms with E-state index in [1.54, 1.807) is 6.07 Å². The number of hydrogen-bond acceptors (Lipinski definition) is 4. The van der Waals surface area contributed by atoms with Gasteiger partial charge in [0.15, 0.2) is 0 Å². The van der Waals surface area contributed by atoms with Crippen LogP contribution < -0.4 is 10.5 Å². The maximum atomic E-state index is 12.9. The van der Waals surface area contributed by atoms with E-state index in [0.29, 0.717) is 15.9 Å². The van der Waals surface area contributed by atoms with Crippen LogP contribution in [-0.4, -0.2) is 8.42 Å². The molecule has 0 radical (unpaired) electrons. The quantitative estimate of drug-likeness (QED) is 0.888. The van der Waals surface area contributed by atoms with Crippen molar-refractivity contribution in [1.29, 1.82) is 0 Å². The molecule has 0 amide bonds. The number of furan rings is 1. The summed E-state index contributed by atoms with van der Waals surface area (Å²) in [5.41, 5.74) is 0.662. The zero-order valence-corrected chi connectivity index (χ0v) is 12.0. The summed E-state index contributed by atoms with van der Waals surface area (Å²) in [6, 6.07) is 6.98. The van der Waals surface area contributed by atoms with Crippen molar-refractivity contribution in [2.75, 3.05) is 5.32 Å². The van der Waals surface area contributed by atoms with Gasteiger partial charge >= 0.3 is 0 Å². The molecule has 2 aromatic rings. The minimum atomic E-state index is -3.83. The van der Waals surface area contributed by atoms with Gasteiger partial charge in [-0.1, -0.05) is 0 Å². The van der Waals surface area contributed by atoms with Gasteiger partial charge < -0.3 is 9.73 Å². The molecule has 0 spiro atoms. The lowest BCUT2D eigenvalue weighted by Gasteiger charge is -2.06. The summed E-state index contributed by atoms with van der Waals surface area (Å²) >= 11 is 3.21. The van der Waals surface area contributed by atoms with Crippen LogP contribution in [0, 0.1) is 5.82 Å². The Morgan fingerprint density at radius 3 is 2.63 bits per heavy atom. The predicted octanol–water partition coefficient (Wildman–Crippen LogP) is 2.44. The van der Waals surface area contributed by atoms with Crippen molar-refractivity contribution >= 4 is 31.6 Å². The van der Waals surface area contributed by atoms with E-state index in [-0.39, 0.29) is 17.5 Å². The third-order valence-electron chi connectivity index (χ3n) is 2.30. The van der Waals surface area contributed by atoms with Gasteiger partial charge in [-0.25, -0.2) is 17.9 Å². The van der Waals surface area contributed by atoms with Crippen LogP contribution in [-0.2, 0) is 16.6 Å². The van der Waals surface area contributed by atoms with Gasteiger partial charge in [0.1, 0.15) is 11.6 Å². The molecule has 8 heteroatoms. The number of rotatable bonds is 4. The van der Waals surface area contributed by atoms with Crippen molar-refractivity contribution in [2.24, 2.45) is 5.14 Å². The van der Waals surface area contributed by atoms with E-state index in [2.05, 4.69) is 21.2 Å². The molecule has 102 valence electrons. The third-order valence-corrected chi connectivity index (χ3v) is 3.74. The molecule has 1 aromatic heterocycles. The van der Waals surface area contributed by atoms with Crippen molar-refractivity contribution in [3.63, 3.8) is 0 Å². The van der Waals surface area contributed by atoms with E-state index < -0.39 is 10.0 Å². The highest BCUT2D eigenvalue weighted by molar-refractivity contribution is 9.10. The number of hydrogen-bond donors (Lipinski definition) is 2. The van der Waals surface area contributed by atoms with Crippen LogP contribution in [0.4, 0.5) is 10.1 Å². The molecular weight excluding hydrogens is 339 g/mol. The molecular formula is C11H10BrFN2O3S. The lowest BCUT2D eigenvalue weighted by atomic mass is 10.3. The van der Waals surface area contributed by atoms with Gasteiger partial charge in [0.05, 0.1) is 6.54 Å². The zero-order valence-electron chi connectivity index (χ0n) is 9.56. The predicted molar refractivity (Wildman–Crippen MR) is 71.5 cm³/mol. The van der Waals surface area contributed by atoms with E-state index in [1.165, 1.54) is 24.3 Å². The second kappa shape index (κ2) is 5.32. The Bertz CT molecular complexity index is 700. The number of halogens is 2. The molecule has 5 nitrogen and oxygen atoms in total. The third kappa shape index (κ3) is 3.55. The fourth-order valence-electron chi connectivity index (χ4n) is 1.42. The highest BCUT2D eigenvalue weighted by atomic mass is 79.9. The summed E-state index contributed by atoms with van der Waals surface area (Å²) in [4.78, 5) is 0. The van der Waals surface area contributed by atoms with Crippen LogP contribution in [0.3, 0.4) is 0 Å². The average Bonchev–Trinajstić information content (AvgIpc) is 2.76. The van der Waals surface area contributed by atoms with Crippen molar-refractivity contribution in [2.45, 2.75) is 11.6 Å². The summed E-state index contributed by atoms with van der Waals surface area (Å²) < 4.78 is 40.6. The van der Waals surface area contributed by atoms with Gasteiger partial charge in [0, 0.05) is 10.2 Å². The lowest BCUT2D eigenvalue weighted by Crippen LogP contribution is -2.10. The highest BCUT2D eigenvalue weighted by Gasteiger charge is 2.13. The van der Waals surface area contributed by atoms with Gasteiger partial charge in [-0.2, -0.15) is 0 Å². The summed E-state index contributed by atoms with van der Waals surface area (Å²) in [5, 5.41) is 7.62. The minimum absolute atomic E-state index is 0.250. The first-order chi connectivity index (χ1) is 8.86. The molecule has 0 fully saturated rings. The number of benzene rings is 1. The van der Waals surface area contributed by atoms with Gasteiger partial charge in [-0.15, -0.1) is 0 Å². The molecule has 1 heterocycles. The first kappa shape index (κ1) is 14.0. The van der Waals surface area contributed by atoms with E-state index in [4.69, 9.17) is 9.56 Å². The molecule has 3 N–H and O–H groups in total.